The lowest BCUT2D eigenvalue weighted by molar-refractivity contribution is -0.138. The van der Waals surface area contributed by atoms with Gasteiger partial charge in [0.1, 0.15) is 16.9 Å². The molecule has 2 aromatic carbocycles. The highest BCUT2D eigenvalue weighted by molar-refractivity contribution is 5.84. The number of hydrogen-bond donors (Lipinski definition) is 0. The number of amides is 1. The van der Waals surface area contributed by atoms with Crippen LogP contribution in [-0.4, -0.2) is 35.7 Å². The Kier molecular flexibility index (Phi) is 9.06. The third-order valence-corrected chi connectivity index (χ3v) is 7.17. The van der Waals surface area contributed by atoms with E-state index in [2.05, 4.69) is 13.0 Å². The van der Waals surface area contributed by atoms with E-state index in [1.807, 2.05) is 47.4 Å². The predicted molar refractivity (Wildman–Crippen MR) is 145 cm³/mol. The van der Waals surface area contributed by atoms with Crippen molar-refractivity contribution in [2.45, 2.75) is 77.4 Å². The number of ether oxygens (including phenoxy) is 2. The highest BCUT2D eigenvalue weighted by Gasteiger charge is 2.39. The van der Waals surface area contributed by atoms with E-state index in [9.17, 15) is 14.9 Å². The minimum atomic E-state index is -0.736. The number of unbranched alkanes of at least 4 members (excludes halogenated alkanes) is 1. The summed E-state index contributed by atoms with van der Waals surface area (Å²) in [5, 5.41) is 10.4. The maximum atomic E-state index is 13.4. The van der Waals surface area contributed by atoms with Gasteiger partial charge in [-0.1, -0.05) is 38.0 Å². The lowest BCUT2D eigenvalue weighted by atomic mass is 9.84. The first-order chi connectivity index (χ1) is 18.5. The third kappa shape index (κ3) is 6.55. The number of nitrogens with zero attached hydrogens (tertiary/aromatic N) is 2. The molecule has 0 radical (unpaired) electrons. The van der Waals surface area contributed by atoms with Gasteiger partial charge in [0.25, 0.3) is 0 Å². The minimum absolute atomic E-state index is 0.0557. The van der Waals surface area contributed by atoms with Crippen molar-refractivity contribution in [1.29, 1.82) is 5.26 Å². The summed E-state index contributed by atoms with van der Waals surface area (Å²) in [5.74, 6) is 0.689. The van der Waals surface area contributed by atoms with Gasteiger partial charge < -0.3 is 18.8 Å². The van der Waals surface area contributed by atoms with E-state index in [4.69, 9.17) is 13.9 Å². The highest BCUT2D eigenvalue weighted by atomic mass is 16.7. The summed E-state index contributed by atoms with van der Waals surface area (Å²) in [5.41, 5.74) is 2.25. The van der Waals surface area contributed by atoms with Crippen molar-refractivity contribution in [1.82, 2.24) is 4.90 Å². The average Bonchev–Trinajstić information content (AvgIpc) is 3.35. The second kappa shape index (κ2) is 12.6. The Morgan fingerprint density at radius 2 is 1.87 bits per heavy atom. The average molecular weight is 517 g/mol. The smallest absolute Gasteiger partial charge is 0.456 e. The molecule has 0 bridgehead atoms. The summed E-state index contributed by atoms with van der Waals surface area (Å²) in [6.07, 6.45) is 5.94. The van der Waals surface area contributed by atoms with Crippen molar-refractivity contribution < 1.29 is 23.5 Å². The SMILES string of the molecule is CCCCC(=O)N(Cc1ccc2oc(-c3ccccc3C#N)cc2c1)CC1(OC(=O)OCC)CCCCC1. The zero-order chi connectivity index (χ0) is 27.0. The van der Waals surface area contributed by atoms with Gasteiger partial charge in [-0.2, -0.15) is 5.26 Å². The number of rotatable bonds is 10. The first kappa shape index (κ1) is 27.3. The van der Waals surface area contributed by atoms with Crippen LogP contribution in [0.4, 0.5) is 4.79 Å². The van der Waals surface area contributed by atoms with Crippen LogP contribution in [0.15, 0.2) is 52.9 Å². The second-order valence-electron chi connectivity index (χ2n) is 10.0. The molecule has 7 nitrogen and oxygen atoms in total. The van der Waals surface area contributed by atoms with Crippen molar-refractivity contribution in [3.05, 3.63) is 59.7 Å². The molecule has 200 valence electrons. The molecule has 0 atom stereocenters. The molecule has 1 saturated carbocycles. The molecule has 0 unspecified atom stereocenters. The van der Waals surface area contributed by atoms with Crippen LogP contribution in [0.25, 0.3) is 22.3 Å². The zero-order valence-corrected chi connectivity index (χ0v) is 22.3. The number of carbonyl (C=O) groups excluding carboxylic acids is 2. The monoisotopic (exact) mass is 516 g/mol. The lowest BCUT2D eigenvalue weighted by Crippen LogP contribution is -2.49. The van der Waals surface area contributed by atoms with Crippen LogP contribution < -0.4 is 0 Å². The normalized spacial score (nSPS) is 14.6. The molecule has 1 heterocycles. The number of nitriles is 1. The summed E-state index contributed by atoms with van der Waals surface area (Å²) in [6.45, 7) is 4.82. The molecule has 4 rings (SSSR count). The van der Waals surface area contributed by atoms with Crippen molar-refractivity contribution in [2.75, 3.05) is 13.2 Å². The standard InChI is InChI=1S/C31H36N2O5/c1-3-5-13-29(34)33(22-31(16-9-6-10-17-31)38-30(35)36-4-2)21-23-14-15-27-25(18-23)19-28(37-27)26-12-8-7-11-24(26)20-32/h7-8,11-12,14-15,18-19H,3-6,9-10,13,16-17,21-22H2,1-2H3. The summed E-state index contributed by atoms with van der Waals surface area (Å²) >= 11 is 0. The van der Waals surface area contributed by atoms with Gasteiger partial charge in [0.15, 0.2) is 0 Å². The minimum Gasteiger partial charge on any atom is -0.456 e. The van der Waals surface area contributed by atoms with E-state index >= 15 is 0 Å². The van der Waals surface area contributed by atoms with Gasteiger partial charge >= 0.3 is 6.16 Å². The van der Waals surface area contributed by atoms with Gasteiger partial charge in [-0.15, -0.1) is 0 Å². The number of furan rings is 1. The maximum absolute atomic E-state index is 13.4. The fourth-order valence-electron chi connectivity index (χ4n) is 5.22. The molecular formula is C31H36N2O5. The topological polar surface area (TPSA) is 92.8 Å². The Morgan fingerprint density at radius 1 is 1.08 bits per heavy atom. The number of hydrogen-bond acceptors (Lipinski definition) is 6. The first-order valence-corrected chi connectivity index (χ1v) is 13.6. The number of carbonyl (C=O) groups is 2. The molecular weight excluding hydrogens is 480 g/mol. The van der Waals surface area contributed by atoms with Gasteiger partial charge in [-0.25, -0.2) is 4.79 Å². The van der Waals surface area contributed by atoms with Crippen LogP contribution in [0.2, 0.25) is 0 Å². The summed E-state index contributed by atoms with van der Waals surface area (Å²) in [7, 11) is 0. The molecule has 0 saturated heterocycles. The van der Waals surface area contributed by atoms with Gasteiger partial charge in [0.05, 0.1) is 24.8 Å². The molecule has 1 aromatic heterocycles. The van der Waals surface area contributed by atoms with Crippen LogP contribution in [0.3, 0.4) is 0 Å². The molecule has 0 spiro atoms. The molecule has 0 aliphatic heterocycles. The molecule has 3 aromatic rings. The first-order valence-electron chi connectivity index (χ1n) is 13.6. The molecule has 0 N–H and O–H groups in total. The largest absolute Gasteiger partial charge is 0.508 e. The van der Waals surface area contributed by atoms with E-state index < -0.39 is 11.8 Å². The molecule has 1 aliphatic rings. The van der Waals surface area contributed by atoms with E-state index in [1.54, 1.807) is 13.0 Å². The van der Waals surface area contributed by atoms with Crippen LogP contribution in [0.5, 0.6) is 0 Å². The molecule has 1 amide bonds. The van der Waals surface area contributed by atoms with Crippen molar-refractivity contribution in [2.24, 2.45) is 0 Å². The van der Waals surface area contributed by atoms with Crippen LogP contribution in [0, 0.1) is 11.3 Å². The maximum Gasteiger partial charge on any atom is 0.508 e. The zero-order valence-electron chi connectivity index (χ0n) is 22.3. The molecule has 38 heavy (non-hydrogen) atoms. The summed E-state index contributed by atoms with van der Waals surface area (Å²) < 4.78 is 17.1. The Bertz CT molecular complexity index is 1300. The number of benzene rings is 2. The highest BCUT2D eigenvalue weighted by Crippen LogP contribution is 2.35. The van der Waals surface area contributed by atoms with E-state index in [0.29, 0.717) is 43.7 Å². The van der Waals surface area contributed by atoms with E-state index in [0.717, 1.165) is 54.2 Å². The fourth-order valence-corrected chi connectivity index (χ4v) is 5.22. The molecule has 1 fully saturated rings. The van der Waals surface area contributed by atoms with E-state index in [-0.39, 0.29) is 12.5 Å². The lowest BCUT2D eigenvalue weighted by Gasteiger charge is -2.40. The van der Waals surface area contributed by atoms with Gasteiger partial charge in [0, 0.05) is 23.9 Å². The third-order valence-electron chi connectivity index (χ3n) is 7.17. The van der Waals surface area contributed by atoms with Crippen molar-refractivity contribution >= 4 is 23.0 Å². The van der Waals surface area contributed by atoms with Crippen molar-refractivity contribution in [3.63, 3.8) is 0 Å². The quantitative estimate of drug-likeness (QED) is 0.261. The summed E-state index contributed by atoms with van der Waals surface area (Å²) in [4.78, 5) is 27.5. The Hall–Kier alpha value is -3.79. The Balaban J connectivity index is 1.60. The van der Waals surface area contributed by atoms with Crippen LogP contribution in [-0.2, 0) is 20.8 Å². The van der Waals surface area contributed by atoms with Gasteiger partial charge in [0.2, 0.25) is 5.91 Å². The number of fused-ring (bicyclic) bond motifs is 1. The predicted octanol–water partition coefficient (Wildman–Crippen LogP) is 7.37. The van der Waals surface area contributed by atoms with Crippen LogP contribution >= 0.6 is 0 Å². The second-order valence-corrected chi connectivity index (χ2v) is 10.0. The Labute approximate surface area is 224 Å². The van der Waals surface area contributed by atoms with Gasteiger partial charge in [-0.05, 0) is 74.9 Å². The fraction of sp³-hybridized carbons (Fsp3) is 0.452. The Morgan fingerprint density at radius 3 is 2.61 bits per heavy atom. The van der Waals surface area contributed by atoms with Crippen molar-refractivity contribution in [3.8, 4) is 17.4 Å². The molecule has 7 heteroatoms. The molecule has 1 aliphatic carbocycles. The summed E-state index contributed by atoms with van der Waals surface area (Å²) in [6, 6.07) is 17.4. The van der Waals surface area contributed by atoms with Crippen LogP contribution in [0.1, 0.15) is 76.3 Å². The van der Waals surface area contributed by atoms with Gasteiger partial charge in [-0.3, -0.25) is 4.79 Å². The van der Waals surface area contributed by atoms with E-state index in [1.165, 1.54) is 0 Å².